The fourth-order valence-electron chi connectivity index (χ4n) is 2.74. The summed E-state index contributed by atoms with van der Waals surface area (Å²) in [6.45, 7) is 3.56. The van der Waals surface area contributed by atoms with E-state index in [9.17, 15) is 9.59 Å². The van der Waals surface area contributed by atoms with Crippen molar-refractivity contribution in [2.24, 2.45) is 0 Å². The van der Waals surface area contributed by atoms with Gasteiger partial charge in [0.1, 0.15) is 0 Å². The van der Waals surface area contributed by atoms with E-state index in [4.69, 9.17) is 0 Å². The van der Waals surface area contributed by atoms with Crippen LogP contribution in [0.1, 0.15) is 23.6 Å². The average Bonchev–Trinajstić information content (AvgIpc) is 2.49. The maximum atomic E-state index is 11.5. The molecule has 0 unspecified atom stereocenters. The molecule has 0 amide bonds. The van der Waals surface area contributed by atoms with Crippen molar-refractivity contribution in [2.45, 2.75) is 26.3 Å². The first-order valence-corrected chi connectivity index (χ1v) is 6.96. The van der Waals surface area contributed by atoms with Crippen molar-refractivity contribution in [2.75, 3.05) is 11.4 Å². The number of fused-ring (bicyclic) bond motifs is 1. The Kier molecular flexibility index (Phi) is 3.26. The van der Waals surface area contributed by atoms with Gasteiger partial charge >= 0.3 is 0 Å². The van der Waals surface area contributed by atoms with Gasteiger partial charge in [0, 0.05) is 19.2 Å². The molecule has 0 aromatic heterocycles. The Bertz CT molecular complexity index is 736. The zero-order chi connectivity index (χ0) is 14.1. The third kappa shape index (κ3) is 2.20. The molecule has 0 saturated heterocycles. The highest BCUT2D eigenvalue weighted by molar-refractivity contribution is 5.53. The normalized spacial score (nSPS) is 14.9. The molecule has 0 N–H and O–H groups in total. The molecule has 0 aliphatic carbocycles. The standard InChI is InChI=1S/C17H17NO2/c1-2-3-4-12-5-6-13-7-8-18(11-14(13)9-12)15-10-16(19)17(15)20/h2-3,5-6,9-10H,4,7-8,11H2,1H3/b3-2+. The Hall–Kier alpha value is -2.16. The van der Waals surface area contributed by atoms with E-state index in [1.807, 2.05) is 11.8 Å². The SMILES string of the molecule is C/C=C/Cc1ccc2c(c1)CN(c1cc(=O)c1=O)CC2. The molecule has 1 heterocycles. The van der Waals surface area contributed by atoms with Gasteiger partial charge in [-0.1, -0.05) is 30.4 Å². The van der Waals surface area contributed by atoms with Crippen molar-refractivity contribution in [3.05, 3.63) is 73.6 Å². The molecule has 1 aliphatic rings. The lowest BCUT2D eigenvalue weighted by atomic mass is 9.95. The van der Waals surface area contributed by atoms with Crippen molar-refractivity contribution in [1.82, 2.24) is 0 Å². The second-order valence-electron chi connectivity index (χ2n) is 5.27. The summed E-state index contributed by atoms with van der Waals surface area (Å²) in [7, 11) is 0. The summed E-state index contributed by atoms with van der Waals surface area (Å²) < 4.78 is 0. The number of allylic oxidation sites excluding steroid dienone is 2. The lowest BCUT2D eigenvalue weighted by Gasteiger charge is -2.31. The van der Waals surface area contributed by atoms with E-state index in [2.05, 4.69) is 30.4 Å². The number of hydrogen-bond acceptors (Lipinski definition) is 3. The number of anilines is 1. The summed E-state index contributed by atoms with van der Waals surface area (Å²) in [6, 6.07) is 8.03. The topological polar surface area (TPSA) is 37.4 Å². The summed E-state index contributed by atoms with van der Waals surface area (Å²) in [4.78, 5) is 24.6. The minimum absolute atomic E-state index is 0.335. The molecule has 3 rings (SSSR count). The van der Waals surface area contributed by atoms with Crippen molar-refractivity contribution < 1.29 is 0 Å². The van der Waals surface area contributed by atoms with Gasteiger partial charge in [0.05, 0.1) is 5.69 Å². The van der Waals surface area contributed by atoms with Crippen LogP contribution in [-0.4, -0.2) is 6.54 Å². The molecule has 3 heteroatoms. The summed E-state index contributed by atoms with van der Waals surface area (Å²) >= 11 is 0. The highest BCUT2D eigenvalue weighted by Crippen LogP contribution is 2.23. The molecule has 0 bridgehead atoms. The third-order valence-electron chi connectivity index (χ3n) is 3.94. The first-order valence-electron chi connectivity index (χ1n) is 6.96. The number of rotatable bonds is 3. The van der Waals surface area contributed by atoms with Gasteiger partial charge in [-0.05, 0) is 36.5 Å². The summed E-state index contributed by atoms with van der Waals surface area (Å²) in [5.74, 6) is 0. The zero-order valence-electron chi connectivity index (χ0n) is 11.6. The molecule has 20 heavy (non-hydrogen) atoms. The van der Waals surface area contributed by atoms with Crippen LogP contribution in [0, 0.1) is 0 Å². The van der Waals surface area contributed by atoms with E-state index in [0.29, 0.717) is 5.69 Å². The molecule has 0 atom stereocenters. The molecule has 0 fully saturated rings. The Labute approximate surface area is 117 Å². The summed E-state index contributed by atoms with van der Waals surface area (Å²) in [5, 5.41) is 0. The molecule has 2 aromatic rings. The van der Waals surface area contributed by atoms with Gasteiger partial charge in [0.2, 0.25) is 10.9 Å². The summed E-state index contributed by atoms with van der Waals surface area (Å²) in [6.07, 6.45) is 6.05. The molecule has 0 saturated carbocycles. The van der Waals surface area contributed by atoms with Gasteiger partial charge < -0.3 is 4.90 Å². The second-order valence-corrected chi connectivity index (χ2v) is 5.27. The van der Waals surface area contributed by atoms with Crippen molar-refractivity contribution in [3.63, 3.8) is 0 Å². The Morgan fingerprint density at radius 2 is 2.05 bits per heavy atom. The minimum atomic E-state index is -0.368. The second kappa shape index (κ2) is 5.08. The summed E-state index contributed by atoms with van der Waals surface area (Å²) in [5.41, 5.74) is 3.79. The van der Waals surface area contributed by atoms with E-state index in [1.165, 1.54) is 22.8 Å². The minimum Gasteiger partial charge on any atom is -0.363 e. The predicted octanol–water partition coefficient (Wildman–Crippen LogP) is 1.96. The Morgan fingerprint density at radius 1 is 1.20 bits per heavy atom. The fraction of sp³-hybridized carbons (Fsp3) is 0.294. The molecule has 0 radical (unpaired) electrons. The van der Waals surface area contributed by atoms with Gasteiger partial charge in [0.15, 0.2) is 0 Å². The molecule has 2 aromatic carbocycles. The molecule has 102 valence electrons. The van der Waals surface area contributed by atoms with Crippen LogP contribution in [0.2, 0.25) is 0 Å². The van der Waals surface area contributed by atoms with Crippen LogP contribution in [0.3, 0.4) is 0 Å². The molecule has 0 spiro atoms. The van der Waals surface area contributed by atoms with Crippen LogP contribution in [0.5, 0.6) is 0 Å². The van der Waals surface area contributed by atoms with Crippen LogP contribution in [0.4, 0.5) is 5.69 Å². The van der Waals surface area contributed by atoms with Gasteiger partial charge in [-0.3, -0.25) is 9.59 Å². The third-order valence-corrected chi connectivity index (χ3v) is 3.94. The van der Waals surface area contributed by atoms with Crippen molar-refractivity contribution in [1.29, 1.82) is 0 Å². The predicted molar refractivity (Wildman–Crippen MR) is 81.1 cm³/mol. The molecular formula is C17H17NO2. The number of hydrogen-bond donors (Lipinski definition) is 0. The number of nitrogens with zero attached hydrogens (tertiary/aromatic N) is 1. The molecule has 3 nitrogen and oxygen atoms in total. The first-order chi connectivity index (χ1) is 9.69. The van der Waals surface area contributed by atoms with Crippen LogP contribution in [-0.2, 0) is 19.4 Å². The van der Waals surface area contributed by atoms with Crippen LogP contribution >= 0.6 is 0 Å². The van der Waals surface area contributed by atoms with E-state index < -0.39 is 0 Å². The highest BCUT2D eigenvalue weighted by Gasteiger charge is 2.22. The van der Waals surface area contributed by atoms with Crippen LogP contribution in [0.15, 0.2) is 46.0 Å². The van der Waals surface area contributed by atoms with Gasteiger partial charge in [-0.15, -0.1) is 0 Å². The maximum absolute atomic E-state index is 11.5. The zero-order valence-corrected chi connectivity index (χ0v) is 11.6. The first kappa shape index (κ1) is 12.9. The lowest BCUT2D eigenvalue weighted by molar-refractivity contribution is 0.724. The van der Waals surface area contributed by atoms with Crippen LogP contribution < -0.4 is 15.8 Å². The largest absolute Gasteiger partial charge is 0.363 e. The smallest absolute Gasteiger partial charge is 0.249 e. The average molecular weight is 267 g/mol. The highest BCUT2D eigenvalue weighted by atomic mass is 16.2. The van der Waals surface area contributed by atoms with Crippen molar-refractivity contribution >= 4 is 5.69 Å². The lowest BCUT2D eigenvalue weighted by Crippen LogP contribution is -2.41. The molecular weight excluding hydrogens is 250 g/mol. The van der Waals surface area contributed by atoms with Crippen LogP contribution in [0.25, 0.3) is 0 Å². The van der Waals surface area contributed by atoms with Gasteiger partial charge in [0.25, 0.3) is 0 Å². The van der Waals surface area contributed by atoms with E-state index in [0.717, 1.165) is 25.9 Å². The molecule has 1 aliphatic heterocycles. The van der Waals surface area contributed by atoms with Gasteiger partial charge in [-0.25, -0.2) is 0 Å². The maximum Gasteiger partial charge on any atom is 0.249 e. The Morgan fingerprint density at radius 3 is 2.75 bits per heavy atom. The monoisotopic (exact) mass is 267 g/mol. The van der Waals surface area contributed by atoms with Crippen molar-refractivity contribution in [3.8, 4) is 0 Å². The quantitative estimate of drug-likeness (QED) is 0.630. The van der Waals surface area contributed by atoms with E-state index >= 15 is 0 Å². The Balaban J connectivity index is 1.84. The fourth-order valence-corrected chi connectivity index (χ4v) is 2.74. The number of benzene rings is 1. The van der Waals surface area contributed by atoms with Gasteiger partial charge in [-0.2, -0.15) is 0 Å². The van der Waals surface area contributed by atoms with E-state index in [1.54, 1.807) is 0 Å². The van der Waals surface area contributed by atoms with E-state index in [-0.39, 0.29) is 10.9 Å².